The van der Waals surface area contributed by atoms with E-state index in [9.17, 15) is 9.90 Å². The zero-order valence-electron chi connectivity index (χ0n) is 14.7. The molecular weight excluding hydrogens is 316 g/mol. The minimum absolute atomic E-state index is 0.00635. The van der Waals surface area contributed by atoms with Crippen molar-refractivity contribution in [3.63, 3.8) is 0 Å². The Labute approximate surface area is 148 Å². The number of aromatic nitrogens is 2. The van der Waals surface area contributed by atoms with E-state index in [1.807, 2.05) is 41.4 Å². The van der Waals surface area contributed by atoms with E-state index in [-0.39, 0.29) is 18.1 Å². The maximum absolute atomic E-state index is 12.4. The summed E-state index contributed by atoms with van der Waals surface area (Å²) >= 11 is 0. The van der Waals surface area contributed by atoms with Crippen LogP contribution in [0.4, 0.5) is 4.79 Å². The normalized spacial score (nSPS) is 16.6. The fourth-order valence-corrected chi connectivity index (χ4v) is 3.27. The number of para-hydroxylation sites is 1. The molecule has 1 aliphatic rings. The second-order valence-corrected chi connectivity index (χ2v) is 6.79. The minimum atomic E-state index is -0.0462. The Morgan fingerprint density at radius 2 is 2.00 bits per heavy atom. The van der Waals surface area contributed by atoms with Crippen molar-refractivity contribution in [3.05, 3.63) is 48.3 Å². The summed E-state index contributed by atoms with van der Waals surface area (Å²) in [5.74, 6) is 0. The number of rotatable bonds is 5. The molecule has 1 aliphatic heterocycles. The fraction of sp³-hybridized carbons (Fsp3) is 0.474. The third-order valence-electron chi connectivity index (χ3n) is 5.30. The zero-order chi connectivity index (χ0) is 17.7. The van der Waals surface area contributed by atoms with Crippen LogP contribution in [0.2, 0.25) is 0 Å². The van der Waals surface area contributed by atoms with E-state index in [4.69, 9.17) is 0 Å². The predicted molar refractivity (Wildman–Crippen MR) is 96.4 cm³/mol. The van der Waals surface area contributed by atoms with Crippen molar-refractivity contribution in [2.45, 2.75) is 32.7 Å². The number of hydrogen-bond donors (Lipinski definition) is 2. The smallest absolute Gasteiger partial charge is 0.317 e. The van der Waals surface area contributed by atoms with Gasteiger partial charge in [0.2, 0.25) is 0 Å². The van der Waals surface area contributed by atoms with Crippen molar-refractivity contribution < 1.29 is 9.90 Å². The molecule has 6 heteroatoms. The summed E-state index contributed by atoms with van der Waals surface area (Å²) in [5.41, 5.74) is 1.96. The van der Waals surface area contributed by atoms with Gasteiger partial charge in [-0.15, -0.1) is 0 Å². The maximum atomic E-state index is 12.4. The molecule has 2 N–H and O–H groups in total. The molecule has 1 aromatic carbocycles. The van der Waals surface area contributed by atoms with Gasteiger partial charge in [0.25, 0.3) is 0 Å². The molecule has 134 valence electrons. The Morgan fingerprint density at radius 3 is 2.64 bits per heavy atom. The van der Waals surface area contributed by atoms with Crippen LogP contribution in [0.25, 0.3) is 5.69 Å². The second kappa shape index (κ2) is 7.70. The first-order valence-corrected chi connectivity index (χ1v) is 8.88. The molecule has 0 atom stereocenters. The molecule has 25 heavy (non-hydrogen) atoms. The first-order valence-electron chi connectivity index (χ1n) is 8.88. The van der Waals surface area contributed by atoms with Gasteiger partial charge in [-0.3, -0.25) is 0 Å². The molecule has 2 amide bonds. The molecule has 1 fully saturated rings. The van der Waals surface area contributed by atoms with Crippen LogP contribution in [-0.4, -0.2) is 45.5 Å². The van der Waals surface area contributed by atoms with Gasteiger partial charge < -0.3 is 15.3 Å². The summed E-state index contributed by atoms with van der Waals surface area (Å²) in [7, 11) is 0. The Morgan fingerprint density at radius 1 is 1.28 bits per heavy atom. The molecule has 0 aliphatic carbocycles. The molecule has 6 nitrogen and oxygen atoms in total. The summed E-state index contributed by atoms with van der Waals surface area (Å²) in [6.45, 7) is 4.17. The van der Waals surface area contributed by atoms with Gasteiger partial charge in [0, 0.05) is 38.0 Å². The Bertz CT molecular complexity index is 684. The minimum Gasteiger partial charge on any atom is -0.396 e. The van der Waals surface area contributed by atoms with E-state index >= 15 is 0 Å². The molecule has 2 aromatic rings. The van der Waals surface area contributed by atoms with Crippen LogP contribution in [0.5, 0.6) is 0 Å². The number of nitrogens with zero attached hydrogens (tertiary/aromatic N) is 3. The lowest BCUT2D eigenvalue weighted by atomic mass is 9.77. The van der Waals surface area contributed by atoms with Gasteiger partial charge in [-0.1, -0.05) is 25.1 Å². The Balaban J connectivity index is 1.51. The number of urea groups is 1. The van der Waals surface area contributed by atoms with E-state index in [0.29, 0.717) is 19.6 Å². The second-order valence-electron chi connectivity index (χ2n) is 6.79. The monoisotopic (exact) mass is 342 g/mol. The number of carbonyl (C=O) groups excluding carboxylic acids is 1. The Kier molecular flexibility index (Phi) is 5.38. The molecule has 1 aromatic heterocycles. The Hall–Kier alpha value is -2.34. The van der Waals surface area contributed by atoms with E-state index < -0.39 is 0 Å². The molecule has 0 unspecified atom stereocenters. The lowest BCUT2D eigenvalue weighted by Crippen LogP contribution is -2.48. The highest BCUT2D eigenvalue weighted by Crippen LogP contribution is 2.34. The lowest BCUT2D eigenvalue weighted by molar-refractivity contribution is 0.0519. The van der Waals surface area contributed by atoms with Crippen molar-refractivity contribution in [1.29, 1.82) is 0 Å². The fourth-order valence-electron chi connectivity index (χ4n) is 3.27. The summed E-state index contributed by atoms with van der Waals surface area (Å²) in [4.78, 5) is 14.2. The molecule has 1 saturated heterocycles. The van der Waals surface area contributed by atoms with Crippen molar-refractivity contribution in [3.8, 4) is 5.69 Å². The number of amides is 2. The number of piperidine rings is 1. The lowest BCUT2D eigenvalue weighted by Gasteiger charge is -2.40. The van der Waals surface area contributed by atoms with Crippen LogP contribution in [-0.2, 0) is 6.54 Å². The number of aliphatic hydroxyl groups is 1. The van der Waals surface area contributed by atoms with Crippen LogP contribution < -0.4 is 5.32 Å². The standard InChI is InChI=1S/C19H26N4O2/c1-2-19(15-24)8-10-22(11-9-19)18(25)20-12-16-13-21-23(14-16)17-6-4-3-5-7-17/h3-7,13-14,24H,2,8-12,15H2,1H3,(H,20,25). The topological polar surface area (TPSA) is 70.4 Å². The van der Waals surface area contributed by atoms with Crippen LogP contribution in [0, 0.1) is 5.41 Å². The zero-order valence-corrected chi connectivity index (χ0v) is 14.7. The number of hydrogen-bond acceptors (Lipinski definition) is 3. The van der Waals surface area contributed by atoms with Gasteiger partial charge in [0.15, 0.2) is 0 Å². The number of carbonyl (C=O) groups is 1. The quantitative estimate of drug-likeness (QED) is 0.877. The summed E-state index contributed by atoms with van der Waals surface area (Å²) in [5, 5.41) is 16.9. The number of nitrogens with one attached hydrogen (secondary N) is 1. The first kappa shape index (κ1) is 17.5. The molecular formula is C19H26N4O2. The highest BCUT2D eigenvalue weighted by molar-refractivity contribution is 5.74. The van der Waals surface area contributed by atoms with Gasteiger partial charge in [0.05, 0.1) is 11.9 Å². The van der Waals surface area contributed by atoms with E-state index in [0.717, 1.165) is 30.5 Å². The molecule has 0 radical (unpaired) electrons. The molecule has 0 bridgehead atoms. The summed E-state index contributed by atoms with van der Waals surface area (Å²) in [6.07, 6.45) is 6.38. The largest absolute Gasteiger partial charge is 0.396 e. The third kappa shape index (κ3) is 4.02. The molecule has 0 saturated carbocycles. The van der Waals surface area contributed by atoms with E-state index in [1.165, 1.54) is 0 Å². The highest BCUT2D eigenvalue weighted by atomic mass is 16.3. The van der Waals surface area contributed by atoms with E-state index in [2.05, 4.69) is 17.3 Å². The SMILES string of the molecule is CCC1(CO)CCN(C(=O)NCc2cnn(-c3ccccc3)c2)CC1. The summed E-state index contributed by atoms with van der Waals surface area (Å²) < 4.78 is 1.80. The predicted octanol–water partition coefficient (Wildman–Crippen LogP) is 2.57. The van der Waals surface area contributed by atoms with Gasteiger partial charge in [-0.05, 0) is 36.8 Å². The average Bonchev–Trinajstić information content (AvgIpc) is 3.16. The van der Waals surface area contributed by atoms with Gasteiger partial charge in [-0.2, -0.15) is 5.10 Å². The number of likely N-dealkylation sites (tertiary alicyclic amines) is 1. The molecule has 2 heterocycles. The average molecular weight is 342 g/mol. The van der Waals surface area contributed by atoms with Crippen LogP contribution >= 0.6 is 0 Å². The van der Waals surface area contributed by atoms with Gasteiger partial charge in [-0.25, -0.2) is 9.48 Å². The van der Waals surface area contributed by atoms with Crippen molar-refractivity contribution >= 4 is 6.03 Å². The van der Waals surface area contributed by atoms with Crippen molar-refractivity contribution in [2.75, 3.05) is 19.7 Å². The highest BCUT2D eigenvalue weighted by Gasteiger charge is 2.33. The van der Waals surface area contributed by atoms with E-state index in [1.54, 1.807) is 10.9 Å². The number of aliphatic hydroxyl groups excluding tert-OH is 1. The van der Waals surface area contributed by atoms with Crippen LogP contribution in [0.15, 0.2) is 42.7 Å². The maximum Gasteiger partial charge on any atom is 0.317 e. The molecule has 3 rings (SSSR count). The molecule has 0 spiro atoms. The van der Waals surface area contributed by atoms with Gasteiger partial charge >= 0.3 is 6.03 Å². The van der Waals surface area contributed by atoms with Crippen molar-refractivity contribution in [1.82, 2.24) is 20.0 Å². The first-order chi connectivity index (χ1) is 12.2. The van der Waals surface area contributed by atoms with Crippen molar-refractivity contribution in [2.24, 2.45) is 5.41 Å². The van der Waals surface area contributed by atoms with Gasteiger partial charge in [0.1, 0.15) is 0 Å². The van der Waals surface area contributed by atoms with Crippen LogP contribution in [0.1, 0.15) is 31.7 Å². The van der Waals surface area contributed by atoms with Crippen LogP contribution in [0.3, 0.4) is 0 Å². The summed E-state index contributed by atoms with van der Waals surface area (Å²) in [6, 6.07) is 9.84. The number of benzene rings is 1. The third-order valence-corrected chi connectivity index (χ3v) is 5.30.